The Balaban J connectivity index is 1.41. The van der Waals surface area contributed by atoms with E-state index in [1.54, 1.807) is 30.6 Å². The minimum Gasteiger partial charge on any atom is -0.352 e. The van der Waals surface area contributed by atoms with Crippen molar-refractivity contribution in [3.05, 3.63) is 78.0 Å². The summed E-state index contributed by atoms with van der Waals surface area (Å²) in [5.41, 5.74) is 3.65. The average molecular weight is 443 g/mol. The molecule has 0 spiro atoms. The molecule has 33 heavy (non-hydrogen) atoms. The molecule has 1 fully saturated rings. The topological polar surface area (TPSA) is 59.8 Å². The molecule has 1 aliphatic carbocycles. The third-order valence-corrected chi connectivity index (χ3v) is 6.58. The molecule has 0 unspecified atom stereocenters. The Labute approximate surface area is 192 Å². The van der Waals surface area contributed by atoms with Gasteiger partial charge in [0.1, 0.15) is 5.82 Å². The summed E-state index contributed by atoms with van der Waals surface area (Å²) >= 11 is 0. The van der Waals surface area contributed by atoms with Gasteiger partial charge in [-0.1, -0.05) is 43.5 Å². The highest BCUT2D eigenvalue weighted by Gasteiger charge is 2.17. The molecule has 0 radical (unpaired) electrons. The maximum atomic E-state index is 14.1. The van der Waals surface area contributed by atoms with E-state index in [-0.39, 0.29) is 11.7 Å². The lowest BCUT2D eigenvalue weighted by atomic mass is 9.89. The quantitative estimate of drug-likeness (QED) is 0.422. The first-order valence-electron chi connectivity index (χ1n) is 11.6. The van der Waals surface area contributed by atoms with Crippen molar-refractivity contribution >= 4 is 16.8 Å². The molecule has 168 valence electrons. The number of fused-ring (bicyclic) bond motifs is 1. The smallest absolute Gasteiger partial charge is 0.251 e. The number of rotatable bonds is 5. The molecule has 1 N–H and O–H groups in total. The van der Waals surface area contributed by atoms with Crippen LogP contribution in [0, 0.1) is 18.7 Å². The number of amides is 1. The lowest BCUT2D eigenvalue weighted by molar-refractivity contribution is 0.0943. The zero-order valence-corrected chi connectivity index (χ0v) is 18.7. The number of benzene rings is 2. The molecule has 1 saturated carbocycles. The van der Waals surface area contributed by atoms with E-state index in [9.17, 15) is 9.18 Å². The summed E-state index contributed by atoms with van der Waals surface area (Å²) in [7, 11) is 0. The van der Waals surface area contributed by atoms with E-state index in [1.165, 1.54) is 38.2 Å². The van der Waals surface area contributed by atoms with E-state index in [0.717, 1.165) is 23.0 Å². The summed E-state index contributed by atoms with van der Waals surface area (Å²) in [6.45, 7) is 2.76. The summed E-state index contributed by atoms with van der Waals surface area (Å²) in [6.07, 6.45) is 11.4. The number of nitrogens with one attached hydrogen (secondary N) is 1. The number of halogens is 1. The molecule has 0 bridgehead atoms. The minimum atomic E-state index is -0.306. The van der Waals surface area contributed by atoms with E-state index in [0.29, 0.717) is 28.6 Å². The van der Waals surface area contributed by atoms with Gasteiger partial charge in [-0.3, -0.25) is 9.36 Å². The maximum absolute atomic E-state index is 14.1. The van der Waals surface area contributed by atoms with Crippen molar-refractivity contribution in [2.45, 2.75) is 39.0 Å². The van der Waals surface area contributed by atoms with Crippen LogP contribution in [0.4, 0.5) is 4.39 Å². The number of nitrogens with zero attached hydrogens (tertiary/aromatic N) is 3. The van der Waals surface area contributed by atoms with Crippen molar-refractivity contribution in [1.82, 2.24) is 19.9 Å². The number of aryl methyl sites for hydroxylation is 1. The van der Waals surface area contributed by atoms with Gasteiger partial charge in [-0.05, 0) is 49.4 Å². The van der Waals surface area contributed by atoms with Crippen molar-refractivity contribution in [2.75, 3.05) is 6.54 Å². The van der Waals surface area contributed by atoms with Gasteiger partial charge >= 0.3 is 0 Å². The zero-order chi connectivity index (χ0) is 22.8. The van der Waals surface area contributed by atoms with Gasteiger partial charge in [-0.2, -0.15) is 0 Å². The number of hydrogen-bond acceptors (Lipinski definition) is 3. The zero-order valence-electron chi connectivity index (χ0n) is 18.7. The van der Waals surface area contributed by atoms with Crippen LogP contribution in [0.1, 0.15) is 48.0 Å². The SMILES string of the molecule is Cc1cn(-c2ncc(-c3ccccc3F)cn2)c2cc(C(=O)NCC3CCCCC3)ccc12. The summed E-state index contributed by atoms with van der Waals surface area (Å²) in [5, 5.41) is 4.16. The average Bonchev–Trinajstić information content (AvgIpc) is 3.19. The van der Waals surface area contributed by atoms with Crippen LogP contribution in [0.2, 0.25) is 0 Å². The lowest BCUT2D eigenvalue weighted by Crippen LogP contribution is -2.30. The number of hydrogen-bond donors (Lipinski definition) is 1. The van der Waals surface area contributed by atoms with Gasteiger partial charge in [0, 0.05) is 47.2 Å². The van der Waals surface area contributed by atoms with Gasteiger partial charge in [-0.25, -0.2) is 14.4 Å². The van der Waals surface area contributed by atoms with Crippen molar-refractivity contribution in [1.29, 1.82) is 0 Å². The molecule has 2 heterocycles. The van der Waals surface area contributed by atoms with Crippen LogP contribution in [0.5, 0.6) is 0 Å². The fraction of sp³-hybridized carbons (Fsp3) is 0.296. The standard InChI is InChI=1S/C27H27FN4O/c1-18-17-32(27-30-15-21(16-31-27)23-9-5-6-10-24(23)28)25-13-20(11-12-22(18)25)26(33)29-14-19-7-3-2-4-8-19/h5-6,9-13,15-17,19H,2-4,7-8,14H2,1H3,(H,29,33). The van der Waals surface area contributed by atoms with Crippen LogP contribution >= 0.6 is 0 Å². The molecular weight excluding hydrogens is 415 g/mol. The highest BCUT2D eigenvalue weighted by Crippen LogP contribution is 2.26. The molecule has 2 aromatic carbocycles. The van der Waals surface area contributed by atoms with Crippen molar-refractivity contribution < 1.29 is 9.18 Å². The molecule has 5 rings (SSSR count). The Morgan fingerprint density at radius 2 is 1.85 bits per heavy atom. The number of aromatic nitrogens is 3. The van der Waals surface area contributed by atoms with Crippen LogP contribution in [-0.2, 0) is 0 Å². The summed E-state index contributed by atoms with van der Waals surface area (Å²) in [4.78, 5) is 21.8. The molecule has 1 aliphatic rings. The third-order valence-electron chi connectivity index (χ3n) is 6.58. The van der Waals surface area contributed by atoms with E-state index >= 15 is 0 Å². The van der Waals surface area contributed by atoms with Gasteiger partial charge in [0.25, 0.3) is 5.91 Å². The second kappa shape index (κ2) is 9.14. The second-order valence-corrected chi connectivity index (χ2v) is 8.88. The van der Waals surface area contributed by atoms with E-state index in [4.69, 9.17) is 0 Å². The first-order valence-corrected chi connectivity index (χ1v) is 11.6. The Morgan fingerprint density at radius 3 is 2.61 bits per heavy atom. The van der Waals surface area contributed by atoms with E-state index in [2.05, 4.69) is 15.3 Å². The highest BCUT2D eigenvalue weighted by atomic mass is 19.1. The Bertz CT molecular complexity index is 1290. The molecule has 5 nitrogen and oxygen atoms in total. The van der Waals surface area contributed by atoms with E-state index < -0.39 is 0 Å². The normalized spacial score (nSPS) is 14.5. The molecule has 2 aromatic heterocycles. The highest BCUT2D eigenvalue weighted by molar-refractivity contribution is 5.99. The van der Waals surface area contributed by atoms with Crippen molar-refractivity contribution in [3.8, 4) is 17.1 Å². The van der Waals surface area contributed by atoms with Crippen LogP contribution in [0.15, 0.2) is 61.1 Å². The van der Waals surface area contributed by atoms with Crippen LogP contribution in [-0.4, -0.2) is 27.0 Å². The fourth-order valence-electron chi connectivity index (χ4n) is 4.71. The summed E-state index contributed by atoms with van der Waals surface area (Å²) in [5.74, 6) is 0.704. The Kier molecular flexibility index (Phi) is 5.90. The van der Waals surface area contributed by atoms with E-state index in [1.807, 2.05) is 35.9 Å². The maximum Gasteiger partial charge on any atom is 0.251 e. The van der Waals surface area contributed by atoms with Gasteiger partial charge in [0.05, 0.1) is 5.52 Å². The molecule has 6 heteroatoms. The minimum absolute atomic E-state index is 0.0521. The Hall–Kier alpha value is -3.54. The van der Waals surface area contributed by atoms with Crippen LogP contribution in [0.25, 0.3) is 28.0 Å². The third kappa shape index (κ3) is 4.38. The molecule has 0 saturated heterocycles. The predicted molar refractivity (Wildman–Crippen MR) is 128 cm³/mol. The van der Waals surface area contributed by atoms with Gasteiger partial charge in [0.2, 0.25) is 5.95 Å². The van der Waals surface area contributed by atoms with Crippen LogP contribution in [0.3, 0.4) is 0 Å². The molecule has 1 amide bonds. The summed E-state index contributed by atoms with van der Waals surface area (Å²) in [6, 6.07) is 12.3. The molecule has 0 aliphatic heterocycles. The molecular formula is C27H27FN4O. The first kappa shape index (κ1) is 21.3. The largest absolute Gasteiger partial charge is 0.352 e. The molecule has 4 aromatic rings. The first-order chi connectivity index (χ1) is 16.1. The monoisotopic (exact) mass is 442 g/mol. The Morgan fingerprint density at radius 1 is 1.09 bits per heavy atom. The summed E-state index contributed by atoms with van der Waals surface area (Å²) < 4.78 is 16.0. The lowest BCUT2D eigenvalue weighted by Gasteiger charge is -2.21. The van der Waals surface area contributed by atoms with Gasteiger partial charge in [0.15, 0.2) is 0 Å². The van der Waals surface area contributed by atoms with Crippen molar-refractivity contribution in [2.24, 2.45) is 5.92 Å². The van der Waals surface area contributed by atoms with Crippen molar-refractivity contribution in [3.63, 3.8) is 0 Å². The number of carbonyl (C=O) groups excluding carboxylic acids is 1. The number of carbonyl (C=O) groups is 1. The second-order valence-electron chi connectivity index (χ2n) is 8.88. The molecule has 0 atom stereocenters. The van der Waals surface area contributed by atoms with Crippen LogP contribution < -0.4 is 5.32 Å². The predicted octanol–water partition coefficient (Wildman–Crippen LogP) is 5.85. The fourth-order valence-corrected chi connectivity index (χ4v) is 4.71. The van der Waals surface area contributed by atoms with Gasteiger partial charge in [-0.15, -0.1) is 0 Å². The van der Waals surface area contributed by atoms with Gasteiger partial charge < -0.3 is 5.32 Å².